The molecule has 0 aliphatic heterocycles. The number of carboxylic acid groups (broad SMARTS) is 1. The zero-order valence-electron chi connectivity index (χ0n) is 12.5. The van der Waals surface area contributed by atoms with Gasteiger partial charge in [0, 0.05) is 0 Å². The fraction of sp³-hybridized carbons (Fsp3) is 0.333. The summed E-state index contributed by atoms with van der Waals surface area (Å²) in [6, 6.07) is 14.0. The van der Waals surface area contributed by atoms with Crippen LogP contribution in [-0.2, 0) is 9.59 Å². The summed E-state index contributed by atoms with van der Waals surface area (Å²) in [7, 11) is 0. The number of nitrogens with one attached hydrogen (secondary N) is 1. The molecule has 4 nitrogen and oxygen atoms in total. The van der Waals surface area contributed by atoms with E-state index in [1.807, 2.05) is 43.3 Å². The molecular weight excluding hydrogens is 278 g/mol. The third-order valence-electron chi connectivity index (χ3n) is 4.56. The summed E-state index contributed by atoms with van der Waals surface area (Å²) in [4.78, 5) is 23.2. The second kappa shape index (κ2) is 5.79. The van der Waals surface area contributed by atoms with Crippen molar-refractivity contribution in [2.75, 3.05) is 0 Å². The Morgan fingerprint density at radius 3 is 2.41 bits per heavy atom. The Morgan fingerprint density at radius 1 is 1.09 bits per heavy atom. The highest BCUT2D eigenvalue weighted by Gasteiger charge is 2.41. The topological polar surface area (TPSA) is 66.4 Å². The van der Waals surface area contributed by atoms with Crippen LogP contribution in [0.3, 0.4) is 0 Å². The van der Waals surface area contributed by atoms with Gasteiger partial charge in [0.05, 0.1) is 17.9 Å². The van der Waals surface area contributed by atoms with Crippen molar-refractivity contribution < 1.29 is 14.7 Å². The van der Waals surface area contributed by atoms with E-state index in [0.717, 1.165) is 16.3 Å². The summed E-state index contributed by atoms with van der Waals surface area (Å²) < 4.78 is 0. The first-order chi connectivity index (χ1) is 10.6. The number of fused-ring (bicyclic) bond motifs is 1. The van der Waals surface area contributed by atoms with Crippen LogP contribution in [0.5, 0.6) is 0 Å². The fourth-order valence-corrected chi connectivity index (χ4v) is 2.99. The Morgan fingerprint density at radius 2 is 1.77 bits per heavy atom. The Hall–Kier alpha value is -2.36. The molecule has 2 aromatic rings. The zero-order valence-corrected chi connectivity index (χ0v) is 12.5. The number of carboxylic acids is 1. The van der Waals surface area contributed by atoms with Gasteiger partial charge >= 0.3 is 5.97 Å². The number of rotatable bonds is 4. The summed E-state index contributed by atoms with van der Waals surface area (Å²) in [5, 5.41) is 14.3. The lowest BCUT2D eigenvalue weighted by atomic mass is 9.73. The SMILES string of the molecule is CC(NC(=O)C1CCC1C(=O)O)c1ccc2ccccc2c1. The normalized spacial score (nSPS) is 21.9. The van der Waals surface area contributed by atoms with Crippen LogP contribution in [0.25, 0.3) is 10.8 Å². The molecule has 0 bridgehead atoms. The Bertz CT molecular complexity index is 725. The van der Waals surface area contributed by atoms with Crippen LogP contribution in [-0.4, -0.2) is 17.0 Å². The quantitative estimate of drug-likeness (QED) is 0.911. The van der Waals surface area contributed by atoms with Crippen LogP contribution < -0.4 is 5.32 Å². The van der Waals surface area contributed by atoms with Crippen molar-refractivity contribution in [1.29, 1.82) is 0 Å². The van der Waals surface area contributed by atoms with Crippen LogP contribution in [0, 0.1) is 11.8 Å². The first kappa shape index (κ1) is 14.6. The lowest BCUT2D eigenvalue weighted by Crippen LogP contribution is -2.44. The molecule has 0 spiro atoms. The Balaban J connectivity index is 1.71. The number of aliphatic carboxylic acids is 1. The molecule has 114 valence electrons. The number of hydrogen-bond donors (Lipinski definition) is 2. The van der Waals surface area contributed by atoms with Crippen molar-refractivity contribution in [2.24, 2.45) is 11.8 Å². The van der Waals surface area contributed by atoms with E-state index in [1.54, 1.807) is 0 Å². The van der Waals surface area contributed by atoms with Crippen LogP contribution in [0.1, 0.15) is 31.4 Å². The standard InChI is InChI=1S/C18H19NO3/c1-11(19-17(20)15-8-9-16(15)18(21)22)13-7-6-12-4-2-3-5-14(12)10-13/h2-7,10-11,15-16H,8-9H2,1H3,(H,19,20)(H,21,22). The van der Waals surface area contributed by atoms with Gasteiger partial charge in [-0.1, -0.05) is 36.4 Å². The van der Waals surface area contributed by atoms with Crippen molar-refractivity contribution >= 4 is 22.6 Å². The summed E-state index contributed by atoms with van der Waals surface area (Å²) in [6.07, 6.45) is 1.25. The lowest BCUT2D eigenvalue weighted by Gasteiger charge is -2.33. The van der Waals surface area contributed by atoms with Gasteiger partial charge in [-0.3, -0.25) is 9.59 Å². The van der Waals surface area contributed by atoms with Gasteiger partial charge in [-0.2, -0.15) is 0 Å². The highest BCUT2D eigenvalue weighted by Crippen LogP contribution is 2.35. The van der Waals surface area contributed by atoms with Gasteiger partial charge in [0.25, 0.3) is 0 Å². The molecule has 4 heteroatoms. The van der Waals surface area contributed by atoms with Gasteiger partial charge in [0.1, 0.15) is 0 Å². The highest BCUT2D eigenvalue weighted by molar-refractivity contribution is 5.87. The maximum absolute atomic E-state index is 12.2. The van der Waals surface area contributed by atoms with E-state index >= 15 is 0 Å². The van der Waals surface area contributed by atoms with E-state index in [1.165, 1.54) is 0 Å². The van der Waals surface area contributed by atoms with Crippen LogP contribution in [0.2, 0.25) is 0 Å². The molecule has 1 aliphatic carbocycles. The first-order valence-corrected chi connectivity index (χ1v) is 7.58. The molecule has 1 saturated carbocycles. The molecule has 1 aliphatic rings. The molecule has 3 unspecified atom stereocenters. The van der Waals surface area contributed by atoms with Crippen LogP contribution in [0.4, 0.5) is 0 Å². The molecule has 0 saturated heterocycles. The van der Waals surface area contributed by atoms with Gasteiger partial charge in [-0.05, 0) is 42.2 Å². The summed E-state index contributed by atoms with van der Waals surface area (Å²) in [5.74, 6) is -1.94. The first-order valence-electron chi connectivity index (χ1n) is 7.58. The van der Waals surface area contributed by atoms with Gasteiger partial charge < -0.3 is 10.4 Å². The Labute approximate surface area is 129 Å². The number of amides is 1. The minimum atomic E-state index is -0.871. The van der Waals surface area contributed by atoms with E-state index in [4.69, 9.17) is 5.11 Å². The van der Waals surface area contributed by atoms with Gasteiger partial charge in [0.15, 0.2) is 0 Å². The van der Waals surface area contributed by atoms with E-state index in [9.17, 15) is 9.59 Å². The number of hydrogen-bond acceptors (Lipinski definition) is 2. The van der Waals surface area contributed by atoms with Crippen molar-refractivity contribution in [3.05, 3.63) is 48.0 Å². The van der Waals surface area contributed by atoms with Crippen molar-refractivity contribution in [1.82, 2.24) is 5.32 Å². The smallest absolute Gasteiger partial charge is 0.307 e. The molecule has 0 heterocycles. The third kappa shape index (κ3) is 2.69. The highest BCUT2D eigenvalue weighted by atomic mass is 16.4. The maximum atomic E-state index is 12.2. The molecule has 22 heavy (non-hydrogen) atoms. The van der Waals surface area contributed by atoms with Crippen molar-refractivity contribution in [3.63, 3.8) is 0 Å². The van der Waals surface area contributed by atoms with Crippen molar-refractivity contribution in [3.8, 4) is 0 Å². The predicted molar refractivity (Wildman–Crippen MR) is 84.4 cm³/mol. The number of carbonyl (C=O) groups excluding carboxylic acids is 1. The summed E-state index contributed by atoms with van der Waals surface area (Å²) in [6.45, 7) is 1.93. The Kier molecular flexibility index (Phi) is 3.84. The average Bonchev–Trinajstić information content (AvgIpc) is 2.44. The maximum Gasteiger partial charge on any atom is 0.307 e. The van der Waals surface area contributed by atoms with Crippen LogP contribution >= 0.6 is 0 Å². The number of carbonyl (C=O) groups is 2. The molecule has 3 rings (SSSR count). The van der Waals surface area contributed by atoms with E-state index < -0.39 is 11.9 Å². The molecular formula is C18H19NO3. The monoisotopic (exact) mass is 297 g/mol. The molecule has 3 atom stereocenters. The second-order valence-corrected chi connectivity index (χ2v) is 5.97. The molecule has 1 amide bonds. The molecule has 2 N–H and O–H groups in total. The summed E-state index contributed by atoms with van der Waals surface area (Å²) in [5.41, 5.74) is 1.03. The molecule has 2 aromatic carbocycles. The molecule has 0 aromatic heterocycles. The minimum absolute atomic E-state index is 0.132. The molecule has 1 fully saturated rings. The number of benzene rings is 2. The largest absolute Gasteiger partial charge is 0.481 e. The second-order valence-electron chi connectivity index (χ2n) is 5.97. The zero-order chi connectivity index (χ0) is 15.7. The van der Waals surface area contributed by atoms with Gasteiger partial charge in [-0.15, -0.1) is 0 Å². The van der Waals surface area contributed by atoms with Crippen molar-refractivity contribution in [2.45, 2.75) is 25.8 Å². The fourth-order valence-electron chi connectivity index (χ4n) is 2.99. The van der Waals surface area contributed by atoms with E-state index in [0.29, 0.717) is 12.8 Å². The predicted octanol–water partition coefficient (Wildman–Crippen LogP) is 3.13. The van der Waals surface area contributed by atoms with Gasteiger partial charge in [0.2, 0.25) is 5.91 Å². The van der Waals surface area contributed by atoms with E-state index in [2.05, 4.69) is 11.4 Å². The van der Waals surface area contributed by atoms with E-state index in [-0.39, 0.29) is 17.9 Å². The molecule has 0 radical (unpaired) electrons. The third-order valence-corrected chi connectivity index (χ3v) is 4.56. The van der Waals surface area contributed by atoms with Crippen LogP contribution in [0.15, 0.2) is 42.5 Å². The average molecular weight is 297 g/mol. The summed E-state index contributed by atoms with van der Waals surface area (Å²) >= 11 is 0. The van der Waals surface area contributed by atoms with Gasteiger partial charge in [-0.25, -0.2) is 0 Å². The lowest BCUT2D eigenvalue weighted by molar-refractivity contribution is -0.152. The minimum Gasteiger partial charge on any atom is -0.481 e.